The molecule has 0 bridgehead atoms. The zero-order chi connectivity index (χ0) is 13.1. The van der Waals surface area contributed by atoms with Crippen molar-refractivity contribution in [3.8, 4) is 6.07 Å². The topological polar surface area (TPSA) is 35.8 Å². The van der Waals surface area contributed by atoms with E-state index in [9.17, 15) is 4.39 Å². The molecule has 0 radical (unpaired) electrons. The van der Waals surface area contributed by atoms with Gasteiger partial charge in [-0.15, -0.1) is 11.3 Å². The summed E-state index contributed by atoms with van der Waals surface area (Å²) in [5.74, 6) is -0.348. The molecule has 0 unspecified atom stereocenters. The first-order valence-corrected chi connectivity index (χ1v) is 6.47. The van der Waals surface area contributed by atoms with Gasteiger partial charge in [-0.3, -0.25) is 0 Å². The van der Waals surface area contributed by atoms with E-state index in [0.717, 1.165) is 0 Å². The number of nitrogens with zero attached hydrogens (tertiary/aromatic N) is 1. The summed E-state index contributed by atoms with van der Waals surface area (Å²) >= 11 is 1.67. The van der Waals surface area contributed by atoms with Crippen molar-refractivity contribution in [2.45, 2.75) is 20.4 Å². The minimum Gasteiger partial charge on any atom is -0.380 e. The maximum absolute atomic E-state index is 13.6. The van der Waals surface area contributed by atoms with Crippen LogP contribution in [0.3, 0.4) is 0 Å². The molecule has 1 heterocycles. The van der Waals surface area contributed by atoms with Gasteiger partial charge in [0.1, 0.15) is 5.82 Å². The molecule has 0 spiro atoms. The van der Waals surface area contributed by atoms with Crippen LogP contribution in [-0.2, 0) is 6.54 Å². The van der Waals surface area contributed by atoms with E-state index >= 15 is 0 Å². The molecule has 0 amide bonds. The number of anilines is 1. The first-order valence-electron chi connectivity index (χ1n) is 5.59. The van der Waals surface area contributed by atoms with Gasteiger partial charge in [-0.1, -0.05) is 0 Å². The van der Waals surface area contributed by atoms with Crippen LogP contribution in [0.1, 0.15) is 21.6 Å². The van der Waals surface area contributed by atoms with E-state index in [2.05, 4.69) is 11.4 Å². The molecule has 92 valence electrons. The van der Waals surface area contributed by atoms with Crippen LogP contribution in [0.4, 0.5) is 10.1 Å². The number of halogens is 1. The molecule has 0 fully saturated rings. The molecule has 1 N–H and O–H groups in total. The molecule has 0 aliphatic carbocycles. The second kappa shape index (κ2) is 5.19. The fourth-order valence-corrected chi connectivity index (χ4v) is 2.53. The van der Waals surface area contributed by atoms with Crippen LogP contribution in [0.15, 0.2) is 23.6 Å². The molecule has 1 aromatic heterocycles. The third kappa shape index (κ3) is 2.52. The smallest absolute Gasteiger partial charge is 0.129 e. The summed E-state index contributed by atoms with van der Waals surface area (Å²) in [5.41, 5.74) is 2.79. The summed E-state index contributed by atoms with van der Waals surface area (Å²) in [6.45, 7) is 4.41. The van der Waals surface area contributed by atoms with Gasteiger partial charge in [0.05, 0.1) is 11.6 Å². The first kappa shape index (κ1) is 12.6. The van der Waals surface area contributed by atoms with Gasteiger partial charge in [-0.2, -0.15) is 5.26 Å². The molecule has 2 nitrogen and oxygen atoms in total. The Hall–Kier alpha value is -1.86. The number of nitrogens with one attached hydrogen (secondary N) is 1. The van der Waals surface area contributed by atoms with Crippen LogP contribution < -0.4 is 5.32 Å². The number of benzene rings is 1. The summed E-state index contributed by atoms with van der Waals surface area (Å²) in [5, 5.41) is 14.1. The minimum absolute atomic E-state index is 0.337. The monoisotopic (exact) mass is 260 g/mol. The molecule has 0 atom stereocenters. The molecule has 2 rings (SSSR count). The number of hydrogen-bond donors (Lipinski definition) is 1. The molecule has 0 saturated heterocycles. The Bertz CT molecular complexity index is 611. The highest BCUT2D eigenvalue weighted by molar-refractivity contribution is 7.10. The third-order valence-corrected chi connectivity index (χ3v) is 3.90. The van der Waals surface area contributed by atoms with Crippen LogP contribution in [0.5, 0.6) is 0 Å². The van der Waals surface area contributed by atoms with Gasteiger partial charge in [0, 0.05) is 22.7 Å². The zero-order valence-corrected chi connectivity index (χ0v) is 11.1. The average molecular weight is 260 g/mol. The lowest BCUT2D eigenvalue weighted by Crippen LogP contribution is -2.02. The lowest BCUT2D eigenvalue weighted by molar-refractivity contribution is 0.618. The molecular weight excluding hydrogens is 247 g/mol. The SMILES string of the molecule is Cc1ccsc1CNc1cc(C#N)cc(F)c1C. The molecule has 0 saturated carbocycles. The van der Waals surface area contributed by atoms with Crippen molar-refractivity contribution in [2.75, 3.05) is 5.32 Å². The zero-order valence-electron chi connectivity index (χ0n) is 10.2. The lowest BCUT2D eigenvalue weighted by Gasteiger charge is -2.10. The number of hydrogen-bond acceptors (Lipinski definition) is 3. The normalized spacial score (nSPS) is 10.1. The summed E-state index contributed by atoms with van der Waals surface area (Å²) < 4.78 is 13.6. The summed E-state index contributed by atoms with van der Waals surface area (Å²) in [4.78, 5) is 1.22. The Morgan fingerprint density at radius 2 is 2.17 bits per heavy atom. The maximum Gasteiger partial charge on any atom is 0.129 e. The highest BCUT2D eigenvalue weighted by Crippen LogP contribution is 2.23. The van der Waals surface area contributed by atoms with Crippen LogP contribution in [-0.4, -0.2) is 0 Å². The van der Waals surface area contributed by atoms with Gasteiger partial charge in [-0.25, -0.2) is 4.39 Å². The minimum atomic E-state index is -0.348. The van der Waals surface area contributed by atoms with Crippen molar-refractivity contribution in [2.24, 2.45) is 0 Å². The van der Waals surface area contributed by atoms with Gasteiger partial charge >= 0.3 is 0 Å². The highest BCUT2D eigenvalue weighted by atomic mass is 32.1. The fourth-order valence-electron chi connectivity index (χ4n) is 1.69. The van der Waals surface area contributed by atoms with Crippen LogP contribution in [0.2, 0.25) is 0 Å². The van der Waals surface area contributed by atoms with E-state index in [0.29, 0.717) is 23.4 Å². The Balaban J connectivity index is 2.22. The van der Waals surface area contributed by atoms with Gasteiger partial charge in [0.2, 0.25) is 0 Å². The van der Waals surface area contributed by atoms with Crippen molar-refractivity contribution in [3.63, 3.8) is 0 Å². The van der Waals surface area contributed by atoms with E-state index in [1.54, 1.807) is 24.3 Å². The summed E-state index contributed by atoms with van der Waals surface area (Å²) in [6, 6.07) is 6.96. The number of nitriles is 1. The van der Waals surface area contributed by atoms with Crippen LogP contribution in [0, 0.1) is 31.0 Å². The molecule has 0 aliphatic rings. The Labute approximate surface area is 110 Å². The van der Waals surface area contributed by atoms with Gasteiger partial charge in [-0.05, 0) is 43.0 Å². The summed E-state index contributed by atoms with van der Waals surface area (Å²) in [6.07, 6.45) is 0. The predicted octanol–water partition coefficient (Wildman–Crippen LogP) is 3.99. The molecular formula is C14H13FN2S. The number of aryl methyl sites for hydroxylation is 1. The average Bonchev–Trinajstić information content (AvgIpc) is 2.76. The Kier molecular flexibility index (Phi) is 3.63. The molecule has 0 aliphatic heterocycles. The van der Waals surface area contributed by atoms with Crippen molar-refractivity contribution in [3.05, 3.63) is 51.0 Å². The highest BCUT2D eigenvalue weighted by Gasteiger charge is 2.07. The standard InChI is InChI=1S/C14H13FN2S/c1-9-3-4-18-14(9)8-17-13-6-11(7-16)5-12(15)10(13)2/h3-6,17H,8H2,1-2H3. The number of thiophene rings is 1. The quantitative estimate of drug-likeness (QED) is 0.905. The van der Waals surface area contributed by atoms with Crippen molar-refractivity contribution >= 4 is 17.0 Å². The molecule has 18 heavy (non-hydrogen) atoms. The third-order valence-electron chi connectivity index (χ3n) is 2.88. The van der Waals surface area contributed by atoms with Crippen LogP contribution >= 0.6 is 11.3 Å². The predicted molar refractivity (Wildman–Crippen MR) is 72.2 cm³/mol. The molecule has 4 heteroatoms. The summed E-state index contributed by atoms with van der Waals surface area (Å²) in [7, 11) is 0. The Morgan fingerprint density at radius 3 is 2.78 bits per heavy atom. The van der Waals surface area contributed by atoms with Crippen molar-refractivity contribution in [1.82, 2.24) is 0 Å². The van der Waals surface area contributed by atoms with Gasteiger partial charge in [0.15, 0.2) is 0 Å². The van der Waals surface area contributed by atoms with Gasteiger partial charge in [0.25, 0.3) is 0 Å². The first-order chi connectivity index (χ1) is 8.61. The van der Waals surface area contributed by atoms with E-state index in [1.807, 2.05) is 18.4 Å². The van der Waals surface area contributed by atoms with Crippen molar-refractivity contribution < 1.29 is 4.39 Å². The second-order valence-corrected chi connectivity index (χ2v) is 5.12. The van der Waals surface area contributed by atoms with Crippen molar-refractivity contribution in [1.29, 1.82) is 5.26 Å². The largest absolute Gasteiger partial charge is 0.380 e. The molecule has 2 aromatic rings. The van der Waals surface area contributed by atoms with E-state index < -0.39 is 0 Å². The second-order valence-electron chi connectivity index (χ2n) is 4.12. The lowest BCUT2D eigenvalue weighted by atomic mass is 10.1. The molecule has 1 aromatic carbocycles. The van der Waals surface area contributed by atoms with E-state index in [4.69, 9.17) is 5.26 Å². The Morgan fingerprint density at radius 1 is 1.39 bits per heavy atom. The number of rotatable bonds is 3. The van der Waals surface area contributed by atoms with Crippen LogP contribution in [0.25, 0.3) is 0 Å². The van der Waals surface area contributed by atoms with E-state index in [-0.39, 0.29) is 5.82 Å². The fraction of sp³-hybridized carbons (Fsp3) is 0.214. The maximum atomic E-state index is 13.6. The van der Waals surface area contributed by atoms with E-state index in [1.165, 1.54) is 16.5 Å². The van der Waals surface area contributed by atoms with Gasteiger partial charge < -0.3 is 5.32 Å².